The van der Waals surface area contributed by atoms with Crippen molar-refractivity contribution in [3.05, 3.63) is 88.0 Å². The third-order valence-electron chi connectivity index (χ3n) is 8.85. The summed E-state index contributed by atoms with van der Waals surface area (Å²) in [6.07, 6.45) is 4.15. The smallest absolute Gasteiger partial charge is 0.449 e. The van der Waals surface area contributed by atoms with Crippen molar-refractivity contribution in [1.29, 1.82) is 0 Å². The van der Waals surface area contributed by atoms with Crippen molar-refractivity contribution in [1.82, 2.24) is 4.98 Å². The number of hydrogen-bond acceptors (Lipinski definition) is 5. The van der Waals surface area contributed by atoms with E-state index >= 15 is 4.39 Å². The van der Waals surface area contributed by atoms with E-state index in [0.29, 0.717) is 24.8 Å². The Hall–Kier alpha value is -3.49. The molecule has 2 aliphatic rings. The number of ether oxygens (including phenoxy) is 1. The maximum absolute atomic E-state index is 15.4. The highest BCUT2D eigenvalue weighted by Gasteiger charge is 2.55. The molecule has 1 fully saturated rings. The van der Waals surface area contributed by atoms with Crippen LogP contribution in [-0.2, 0) is 5.41 Å². The number of carbonyl (C=O) groups is 2. The van der Waals surface area contributed by atoms with Crippen molar-refractivity contribution in [2.75, 3.05) is 25.0 Å². The molecule has 210 valence electrons. The second kappa shape index (κ2) is 10.5. The number of amides is 1. The summed E-state index contributed by atoms with van der Waals surface area (Å²) in [5.74, 6) is -0.813. The van der Waals surface area contributed by atoms with Gasteiger partial charge in [-0.3, -0.25) is 4.98 Å². The highest BCUT2D eigenvalue weighted by atomic mass is 35.5. The number of rotatable bonds is 5. The number of benzene rings is 2. The first-order valence-corrected chi connectivity index (χ1v) is 13.9. The van der Waals surface area contributed by atoms with Gasteiger partial charge in [0.2, 0.25) is 0 Å². The Morgan fingerprint density at radius 2 is 1.80 bits per heavy atom. The summed E-state index contributed by atoms with van der Waals surface area (Å²) in [6, 6.07) is 11.6. The molecule has 0 radical (unpaired) electrons. The second-order valence-electron chi connectivity index (χ2n) is 11.7. The average molecular weight is 567 g/mol. The van der Waals surface area contributed by atoms with Gasteiger partial charge in [-0.05, 0) is 53.8 Å². The first-order valence-electron chi connectivity index (χ1n) is 13.5. The van der Waals surface area contributed by atoms with Gasteiger partial charge >= 0.3 is 12.1 Å². The number of pyridine rings is 1. The maximum Gasteiger partial charge on any atom is 0.511 e. The zero-order valence-corrected chi connectivity index (χ0v) is 23.9. The molecule has 1 saturated heterocycles. The van der Waals surface area contributed by atoms with Crippen LogP contribution >= 0.6 is 11.6 Å². The molecular weight excluding hydrogens is 533 g/mol. The van der Waals surface area contributed by atoms with E-state index in [1.54, 1.807) is 37.5 Å². The summed E-state index contributed by atoms with van der Waals surface area (Å²) in [4.78, 5) is 32.4. The van der Waals surface area contributed by atoms with Crippen LogP contribution in [0.25, 0.3) is 0 Å². The minimum Gasteiger partial charge on any atom is -0.449 e. The molecule has 1 aliphatic carbocycles. The zero-order chi connectivity index (χ0) is 28.8. The van der Waals surface area contributed by atoms with Gasteiger partial charge in [0, 0.05) is 56.0 Å². The molecule has 0 bridgehead atoms. The van der Waals surface area contributed by atoms with Crippen molar-refractivity contribution >= 4 is 29.4 Å². The van der Waals surface area contributed by atoms with Gasteiger partial charge in [0.15, 0.2) is 0 Å². The molecule has 2 atom stereocenters. The molecule has 0 spiro atoms. The normalized spacial score (nSPS) is 20.1. The molecule has 1 aromatic heterocycles. The summed E-state index contributed by atoms with van der Waals surface area (Å²) in [5, 5.41) is 9.37. The lowest BCUT2D eigenvalue weighted by Gasteiger charge is -2.47. The second-order valence-corrected chi connectivity index (χ2v) is 12.0. The summed E-state index contributed by atoms with van der Waals surface area (Å²) >= 11 is 6.62. The Balaban J connectivity index is 1.61. The van der Waals surface area contributed by atoms with Crippen LogP contribution in [0.4, 0.5) is 14.9 Å². The molecule has 1 aliphatic heterocycles. The number of aryl methyl sites for hydroxylation is 1. The number of anilines is 1. The monoisotopic (exact) mass is 566 g/mol. The van der Waals surface area contributed by atoms with Crippen LogP contribution in [0.15, 0.2) is 54.9 Å². The van der Waals surface area contributed by atoms with Gasteiger partial charge in [-0.2, -0.15) is 0 Å². The van der Waals surface area contributed by atoms with Crippen LogP contribution in [0.2, 0.25) is 5.02 Å². The summed E-state index contributed by atoms with van der Waals surface area (Å²) in [6.45, 7) is 7.45. The Labute approximate surface area is 238 Å². The van der Waals surface area contributed by atoms with Gasteiger partial charge in [-0.25, -0.2) is 18.5 Å². The predicted molar refractivity (Wildman–Crippen MR) is 152 cm³/mol. The van der Waals surface area contributed by atoms with Crippen LogP contribution in [0, 0.1) is 12.7 Å². The van der Waals surface area contributed by atoms with Gasteiger partial charge in [-0.15, -0.1) is 0 Å². The SMILES string of the molecule is Cc1ccc(F)c(C(=O)[N+](C)(C2CCN(c3ccncc3)CC2)C2CC(C)(C)c3ccc(OC(=O)O)cc32)c1Cl. The Kier molecular flexibility index (Phi) is 7.35. The number of quaternary nitrogens is 1. The molecule has 1 amide bonds. The summed E-state index contributed by atoms with van der Waals surface area (Å²) < 4.78 is 20.3. The molecule has 0 saturated carbocycles. The minimum absolute atomic E-state index is 0.0722. The average Bonchev–Trinajstić information content (AvgIpc) is 3.21. The highest BCUT2D eigenvalue weighted by Crippen LogP contribution is 2.53. The Morgan fingerprint density at radius 1 is 1.12 bits per heavy atom. The highest BCUT2D eigenvalue weighted by molar-refractivity contribution is 6.34. The van der Waals surface area contributed by atoms with Crippen molar-refractivity contribution in [3.63, 3.8) is 0 Å². The van der Waals surface area contributed by atoms with Crippen LogP contribution in [-0.4, -0.2) is 52.8 Å². The fraction of sp³-hybridized carbons (Fsp3) is 0.387. The van der Waals surface area contributed by atoms with E-state index in [0.717, 1.165) is 29.9 Å². The van der Waals surface area contributed by atoms with Crippen molar-refractivity contribution < 1.29 is 28.3 Å². The van der Waals surface area contributed by atoms with Gasteiger partial charge in [0.05, 0.1) is 18.1 Å². The fourth-order valence-corrected chi connectivity index (χ4v) is 6.88. The first-order chi connectivity index (χ1) is 18.9. The molecule has 2 heterocycles. The van der Waals surface area contributed by atoms with Crippen molar-refractivity contribution in [2.24, 2.45) is 0 Å². The topological polar surface area (TPSA) is 79.7 Å². The van der Waals surface area contributed by atoms with Gasteiger partial charge in [0.25, 0.3) is 0 Å². The van der Waals surface area contributed by atoms with E-state index in [1.807, 2.05) is 25.2 Å². The van der Waals surface area contributed by atoms with E-state index in [-0.39, 0.29) is 44.2 Å². The van der Waals surface area contributed by atoms with E-state index in [9.17, 15) is 14.7 Å². The number of piperidine rings is 1. The Bertz CT molecular complexity index is 1460. The first kappa shape index (κ1) is 28.1. The van der Waals surface area contributed by atoms with Crippen molar-refractivity contribution in [3.8, 4) is 5.75 Å². The number of hydrogen-bond donors (Lipinski definition) is 1. The van der Waals surface area contributed by atoms with Crippen LogP contribution in [0.5, 0.6) is 5.75 Å². The van der Waals surface area contributed by atoms with Crippen LogP contribution < -0.4 is 9.64 Å². The zero-order valence-electron chi connectivity index (χ0n) is 23.2. The van der Waals surface area contributed by atoms with Gasteiger partial charge in [0.1, 0.15) is 23.2 Å². The lowest BCUT2D eigenvalue weighted by molar-refractivity contribution is -0.887. The molecule has 40 heavy (non-hydrogen) atoms. The molecular formula is C31H34ClFN3O4+. The van der Waals surface area contributed by atoms with E-state index in [1.165, 1.54) is 6.07 Å². The lowest BCUT2D eigenvalue weighted by Crippen LogP contribution is -2.61. The third kappa shape index (κ3) is 4.84. The number of carbonyl (C=O) groups excluding carboxylic acids is 1. The molecule has 9 heteroatoms. The summed E-state index contributed by atoms with van der Waals surface area (Å²) in [7, 11) is 1.90. The van der Waals surface area contributed by atoms with E-state index in [4.69, 9.17) is 16.3 Å². The predicted octanol–water partition coefficient (Wildman–Crippen LogP) is 6.92. The largest absolute Gasteiger partial charge is 0.511 e. The molecule has 7 nitrogen and oxygen atoms in total. The Morgan fingerprint density at radius 3 is 2.45 bits per heavy atom. The molecule has 2 aromatic carbocycles. The molecule has 3 aromatic rings. The number of fused-ring (bicyclic) bond motifs is 1. The number of carboxylic acid groups (broad SMARTS) is 1. The maximum atomic E-state index is 15.4. The van der Waals surface area contributed by atoms with E-state index < -0.39 is 12.0 Å². The molecule has 1 N–H and O–H groups in total. The quantitative estimate of drug-likeness (QED) is 0.205. The fourth-order valence-electron chi connectivity index (χ4n) is 6.65. The van der Waals surface area contributed by atoms with Gasteiger partial charge < -0.3 is 14.7 Å². The van der Waals surface area contributed by atoms with Crippen LogP contribution in [0.3, 0.4) is 0 Å². The van der Waals surface area contributed by atoms with Crippen LogP contribution in [0.1, 0.15) is 66.2 Å². The minimum atomic E-state index is -1.40. The van der Waals surface area contributed by atoms with E-state index in [2.05, 4.69) is 23.7 Å². The summed E-state index contributed by atoms with van der Waals surface area (Å²) in [5.41, 5.74) is 3.19. The standard InChI is InChI=1S/C31H33ClFN3O4/c1-19-5-8-25(33)27(28(19)32)29(37)36(4,21-11-15-35(16-12-21)20-9-13-34-14-10-20)26-18-31(2,3)24-7-6-22(17-23(24)26)40-30(38)39/h5-10,13-14,17,21,26H,11-12,15-16,18H2,1-4H3/p+1. The van der Waals surface area contributed by atoms with Gasteiger partial charge in [-0.1, -0.05) is 37.6 Å². The number of halogens is 2. The lowest BCUT2D eigenvalue weighted by atomic mass is 9.86. The number of aromatic nitrogens is 1. The van der Waals surface area contributed by atoms with Crippen molar-refractivity contribution in [2.45, 2.75) is 57.5 Å². The number of nitrogens with zero attached hydrogens (tertiary/aromatic N) is 3. The third-order valence-corrected chi connectivity index (χ3v) is 9.34. The molecule has 2 unspecified atom stereocenters. The molecule has 5 rings (SSSR count).